The number of nitrogens with one attached hydrogen (secondary N) is 1. The number of anilines is 2. The van der Waals surface area contributed by atoms with E-state index in [-0.39, 0.29) is 12.8 Å². The number of rotatable bonds is 4. The summed E-state index contributed by atoms with van der Waals surface area (Å²) in [6, 6.07) is 6.11. The van der Waals surface area contributed by atoms with E-state index in [9.17, 15) is 4.79 Å². The summed E-state index contributed by atoms with van der Waals surface area (Å²) in [4.78, 5) is 23.8. The van der Waals surface area contributed by atoms with Gasteiger partial charge in [-0.1, -0.05) is 0 Å². The molecule has 0 atom stereocenters. The number of morpholine rings is 1. The first kappa shape index (κ1) is 22.3. The number of aryl methyl sites for hydroxylation is 2. The van der Waals surface area contributed by atoms with Gasteiger partial charge in [-0.2, -0.15) is 4.98 Å². The lowest BCUT2D eigenvalue weighted by Crippen LogP contribution is -2.40. The second-order valence-corrected chi connectivity index (χ2v) is 8.17. The van der Waals surface area contributed by atoms with E-state index in [0.717, 1.165) is 48.5 Å². The largest absolute Gasteiger partial charge is 0.412 e. The van der Waals surface area contributed by atoms with Crippen LogP contribution in [0.5, 0.6) is 0 Å². The zero-order chi connectivity index (χ0) is 21.4. The van der Waals surface area contributed by atoms with Crippen LogP contribution in [0.3, 0.4) is 0 Å². The third-order valence-electron chi connectivity index (χ3n) is 6.19. The second-order valence-electron chi connectivity index (χ2n) is 8.17. The second kappa shape index (κ2) is 9.27. The van der Waals surface area contributed by atoms with Gasteiger partial charge in [0.1, 0.15) is 5.52 Å². The number of ether oxygens (including phenoxy) is 2. The van der Waals surface area contributed by atoms with Crippen molar-refractivity contribution in [3.8, 4) is 0 Å². The van der Waals surface area contributed by atoms with E-state index >= 15 is 0 Å². The molecular weight excluding hydrogens is 412 g/mol. The zero-order valence-corrected chi connectivity index (χ0v) is 18.5. The topological polar surface area (TPSA) is 118 Å². The van der Waals surface area contributed by atoms with E-state index in [4.69, 9.17) is 14.5 Å². The first-order valence-electron chi connectivity index (χ1n) is 10.8. The Kier molecular flexibility index (Phi) is 6.45. The van der Waals surface area contributed by atoms with Crippen molar-refractivity contribution < 1.29 is 21.2 Å². The molecule has 2 aromatic heterocycles. The maximum Gasteiger partial charge on any atom is 0.254 e. The molecule has 2 aliphatic rings. The van der Waals surface area contributed by atoms with Crippen LogP contribution in [-0.2, 0) is 16.5 Å². The number of fused-ring (bicyclic) bond motifs is 1. The summed E-state index contributed by atoms with van der Waals surface area (Å²) in [6.07, 6.45) is 3.84. The fraction of sp³-hybridized carbons (Fsp3) is 0.500. The lowest BCUT2D eigenvalue weighted by molar-refractivity contribution is 0.0303. The van der Waals surface area contributed by atoms with Crippen molar-refractivity contribution in [2.24, 2.45) is 7.05 Å². The predicted molar refractivity (Wildman–Crippen MR) is 123 cm³/mol. The normalized spacial score (nSPS) is 17.4. The maximum atomic E-state index is 12.7. The van der Waals surface area contributed by atoms with Crippen molar-refractivity contribution in [2.45, 2.75) is 25.8 Å². The Balaban J connectivity index is 0.00000153. The molecule has 10 heteroatoms. The molecule has 1 amide bonds. The molecule has 0 aliphatic carbocycles. The molecule has 2 fully saturated rings. The first-order valence-corrected chi connectivity index (χ1v) is 10.8. The summed E-state index contributed by atoms with van der Waals surface area (Å²) in [6.45, 7) is 6.03. The molecule has 0 radical (unpaired) electrons. The summed E-state index contributed by atoms with van der Waals surface area (Å²) in [5.41, 5.74) is 4.53. The molecule has 2 aliphatic heterocycles. The van der Waals surface area contributed by atoms with Crippen molar-refractivity contribution in [3.05, 3.63) is 35.5 Å². The quantitative estimate of drug-likeness (QED) is 0.658. The van der Waals surface area contributed by atoms with Crippen molar-refractivity contribution in [2.75, 3.05) is 44.8 Å². The molecular formula is C22H32N6O4. The van der Waals surface area contributed by atoms with E-state index in [1.165, 1.54) is 0 Å². The van der Waals surface area contributed by atoms with Gasteiger partial charge in [-0.05, 0) is 43.5 Å². The molecule has 5 rings (SSSR count). The lowest BCUT2D eigenvalue weighted by atomic mass is 10.1. The van der Waals surface area contributed by atoms with Crippen molar-refractivity contribution in [3.63, 3.8) is 0 Å². The Morgan fingerprint density at radius 1 is 1.16 bits per heavy atom. The molecule has 4 heterocycles. The Morgan fingerprint density at radius 2 is 1.88 bits per heavy atom. The highest BCUT2D eigenvalue weighted by atomic mass is 16.5. The number of hydrogen-bond acceptors (Lipinski definition) is 6. The molecule has 0 saturated carbocycles. The number of aromatic nitrogens is 4. The summed E-state index contributed by atoms with van der Waals surface area (Å²) < 4.78 is 15.2. The Hall–Kier alpha value is -2.95. The smallest absolute Gasteiger partial charge is 0.254 e. The van der Waals surface area contributed by atoms with Crippen molar-refractivity contribution in [1.82, 2.24) is 24.2 Å². The Labute approximate surface area is 187 Å². The summed E-state index contributed by atoms with van der Waals surface area (Å²) in [7, 11) is 2.04. The van der Waals surface area contributed by atoms with Gasteiger partial charge in [0.05, 0.1) is 25.5 Å². The van der Waals surface area contributed by atoms with Gasteiger partial charge in [-0.3, -0.25) is 14.2 Å². The molecule has 174 valence electrons. The molecule has 1 aromatic carbocycles. The highest BCUT2D eigenvalue weighted by Gasteiger charge is 2.24. The molecule has 10 nitrogen and oxygen atoms in total. The van der Waals surface area contributed by atoms with Crippen molar-refractivity contribution in [1.29, 1.82) is 0 Å². The minimum absolute atomic E-state index is 0. The third-order valence-corrected chi connectivity index (χ3v) is 6.19. The average Bonchev–Trinajstić information content (AvgIpc) is 2.81. The fourth-order valence-electron chi connectivity index (χ4n) is 4.39. The molecule has 3 aromatic rings. The molecule has 2 saturated heterocycles. The SMILES string of the molecule is Cc1cc(C(=O)N2CCOCC2)ccc1Nc1ncc2c(n1)n(C1CCOCC1)n2C.O.[HH]. The summed E-state index contributed by atoms with van der Waals surface area (Å²) in [5.74, 6) is 0.602. The Morgan fingerprint density at radius 3 is 2.59 bits per heavy atom. The molecule has 3 N–H and O–H groups in total. The van der Waals surface area contributed by atoms with Gasteiger partial charge in [0.25, 0.3) is 5.91 Å². The number of amides is 1. The number of nitrogens with zero attached hydrogens (tertiary/aromatic N) is 5. The van der Waals surface area contributed by atoms with Gasteiger partial charge in [-0.25, -0.2) is 4.98 Å². The fourth-order valence-corrected chi connectivity index (χ4v) is 4.39. The third kappa shape index (κ3) is 4.08. The van der Waals surface area contributed by atoms with E-state index < -0.39 is 0 Å². The highest BCUT2D eigenvalue weighted by molar-refractivity contribution is 5.95. The van der Waals surface area contributed by atoms with Crippen LogP contribution in [-0.4, -0.2) is 75.1 Å². The molecule has 0 spiro atoms. The van der Waals surface area contributed by atoms with Crippen LogP contribution in [0.4, 0.5) is 11.6 Å². The minimum Gasteiger partial charge on any atom is -0.412 e. The van der Waals surface area contributed by atoms with E-state index in [2.05, 4.69) is 19.7 Å². The minimum atomic E-state index is 0. The van der Waals surface area contributed by atoms with Crippen LogP contribution in [0.2, 0.25) is 0 Å². The predicted octanol–water partition coefficient (Wildman–Crippen LogP) is 2.07. The van der Waals surface area contributed by atoms with Gasteiger partial charge in [0.15, 0.2) is 5.65 Å². The standard InChI is InChI=1S/C22H28N6O3.H2O.H2/c1-15-13-16(21(29)27-7-11-31-12-8-27)3-4-18(15)24-22-23-14-19-20(25-22)28(26(19)2)17-5-9-30-10-6-17;;/h3-4,13-14,17H,5-12H2,1-2H3,(H,23,24,25);1H2;1H. The van der Waals surface area contributed by atoms with Crippen LogP contribution in [0.1, 0.15) is 36.2 Å². The number of benzene rings is 1. The van der Waals surface area contributed by atoms with E-state index in [0.29, 0.717) is 43.9 Å². The summed E-state index contributed by atoms with van der Waals surface area (Å²) >= 11 is 0. The van der Waals surface area contributed by atoms with Gasteiger partial charge >= 0.3 is 0 Å². The molecule has 0 unspecified atom stereocenters. The van der Waals surface area contributed by atoms with Gasteiger partial charge in [0, 0.05) is 46.0 Å². The number of carbonyl (C=O) groups excluding carboxylic acids is 1. The first-order chi connectivity index (χ1) is 15.1. The van der Waals surface area contributed by atoms with Crippen LogP contribution < -0.4 is 5.32 Å². The maximum absolute atomic E-state index is 12.7. The van der Waals surface area contributed by atoms with Gasteiger partial charge in [-0.15, -0.1) is 0 Å². The van der Waals surface area contributed by atoms with E-state index in [1.807, 2.05) is 43.3 Å². The monoisotopic (exact) mass is 444 g/mol. The highest BCUT2D eigenvalue weighted by Crippen LogP contribution is 2.29. The van der Waals surface area contributed by atoms with Crippen LogP contribution in [0.15, 0.2) is 24.4 Å². The Bertz CT molecular complexity index is 1100. The number of hydrogen-bond donors (Lipinski definition) is 1. The lowest BCUT2D eigenvalue weighted by Gasteiger charge is -2.32. The van der Waals surface area contributed by atoms with Gasteiger partial charge < -0.3 is 25.2 Å². The van der Waals surface area contributed by atoms with Gasteiger partial charge in [0.2, 0.25) is 5.95 Å². The van der Waals surface area contributed by atoms with Crippen LogP contribution >= 0.6 is 0 Å². The van der Waals surface area contributed by atoms with E-state index in [1.54, 1.807) is 0 Å². The summed E-state index contributed by atoms with van der Waals surface area (Å²) in [5, 5.41) is 3.32. The van der Waals surface area contributed by atoms with Crippen LogP contribution in [0.25, 0.3) is 11.2 Å². The van der Waals surface area contributed by atoms with Crippen LogP contribution in [0, 0.1) is 6.92 Å². The number of carbonyl (C=O) groups is 1. The average molecular weight is 445 g/mol. The molecule has 0 bridgehead atoms. The van der Waals surface area contributed by atoms with Crippen molar-refractivity contribution >= 4 is 28.7 Å². The molecule has 32 heavy (non-hydrogen) atoms. The zero-order valence-electron chi connectivity index (χ0n) is 18.5.